The molecule has 1 atom stereocenters. The van der Waals surface area contributed by atoms with Crippen molar-refractivity contribution in [3.05, 3.63) is 70.0 Å². The Morgan fingerprint density at radius 3 is 2.38 bits per heavy atom. The van der Waals surface area contributed by atoms with Crippen molar-refractivity contribution in [2.75, 3.05) is 26.2 Å². The molecule has 0 amide bonds. The fraction of sp³-hybridized carbons (Fsp3) is 0.381. The summed E-state index contributed by atoms with van der Waals surface area (Å²) in [7, 11) is 0. The van der Waals surface area contributed by atoms with Gasteiger partial charge in [0.25, 0.3) is 0 Å². The first-order valence-corrected chi connectivity index (χ1v) is 9.33. The Balaban J connectivity index is 2.03. The fourth-order valence-corrected chi connectivity index (χ4v) is 3.12. The Morgan fingerprint density at radius 2 is 1.81 bits per heavy atom. The van der Waals surface area contributed by atoms with Crippen molar-refractivity contribution in [1.29, 1.82) is 0 Å². The molecule has 2 aromatic carbocycles. The number of benzene rings is 2. The van der Waals surface area contributed by atoms with Gasteiger partial charge in [-0.05, 0) is 49.3 Å². The van der Waals surface area contributed by atoms with Gasteiger partial charge in [0.1, 0.15) is 5.82 Å². The summed E-state index contributed by atoms with van der Waals surface area (Å²) in [5.74, 6) is -0.462. The molecule has 26 heavy (non-hydrogen) atoms. The van der Waals surface area contributed by atoms with E-state index in [4.69, 9.17) is 11.6 Å². The van der Waals surface area contributed by atoms with Crippen molar-refractivity contribution in [1.82, 2.24) is 10.2 Å². The zero-order chi connectivity index (χ0) is 19.1. The molecule has 2 aromatic rings. The van der Waals surface area contributed by atoms with E-state index in [0.717, 1.165) is 18.7 Å². The van der Waals surface area contributed by atoms with E-state index in [0.29, 0.717) is 22.7 Å². The van der Waals surface area contributed by atoms with E-state index in [1.807, 2.05) is 24.3 Å². The lowest BCUT2D eigenvalue weighted by molar-refractivity contribution is 0.0986. The number of carbonyl (C=O) groups excluding carboxylic acids is 1. The van der Waals surface area contributed by atoms with Gasteiger partial charge < -0.3 is 5.32 Å². The zero-order valence-electron chi connectivity index (χ0n) is 15.6. The summed E-state index contributed by atoms with van der Waals surface area (Å²) in [5.41, 5.74) is 2.09. The molecular formula is C21H26ClFN2O. The van der Waals surface area contributed by atoms with Gasteiger partial charge in [-0.3, -0.25) is 9.69 Å². The van der Waals surface area contributed by atoms with Crippen LogP contribution in [0.15, 0.2) is 42.5 Å². The van der Waals surface area contributed by atoms with Crippen LogP contribution in [0.4, 0.5) is 4.39 Å². The van der Waals surface area contributed by atoms with E-state index in [-0.39, 0.29) is 24.2 Å². The lowest BCUT2D eigenvalue weighted by Crippen LogP contribution is -2.37. The summed E-state index contributed by atoms with van der Waals surface area (Å²) in [6.07, 6.45) is 0. The number of ketones is 1. The van der Waals surface area contributed by atoms with Gasteiger partial charge in [-0.25, -0.2) is 4.39 Å². The van der Waals surface area contributed by atoms with Crippen LogP contribution in [0.5, 0.6) is 0 Å². The summed E-state index contributed by atoms with van der Waals surface area (Å²) in [6, 6.07) is 12.6. The Morgan fingerprint density at radius 1 is 1.15 bits per heavy atom. The van der Waals surface area contributed by atoms with Crippen molar-refractivity contribution < 1.29 is 9.18 Å². The number of carbonyl (C=O) groups is 1. The number of nitrogens with zero attached hydrogens (tertiary/aromatic N) is 1. The van der Waals surface area contributed by atoms with Crippen molar-refractivity contribution in [3.8, 4) is 0 Å². The minimum Gasteiger partial charge on any atom is -0.308 e. The van der Waals surface area contributed by atoms with Crippen molar-refractivity contribution in [3.63, 3.8) is 0 Å². The van der Waals surface area contributed by atoms with E-state index in [1.54, 1.807) is 19.1 Å². The number of halogens is 2. The highest BCUT2D eigenvalue weighted by Crippen LogP contribution is 2.22. The molecule has 3 nitrogen and oxygen atoms in total. The number of aryl methyl sites for hydroxylation is 1. The molecule has 0 aromatic heterocycles. The van der Waals surface area contributed by atoms with Crippen molar-refractivity contribution in [2.45, 2.75) is 26.8 Å². The van der Waals surface area contributed by atoms with Crippen LogP contribution in [-0.2, 0) is 0 Å². The molecule has 1 unspecified atom stereocenters. The second-order valence-corrected chi connectivity index (χ2v) is 6.74. The quantitative estimate of drug-likeness (QED) is 0.647. The molecule has 0 aliphatic rings. The Kier molecular flexibility index (Phi) is 7.76. The van der Waals surface area contributed by atoms with Crippen LogP contribution in [0.1, 0.15) is 41.4 Å². The Hall–Kier alpha value is -1.75. The lowest BCUT2D eigenvalue weighted by Gasteiger charge is -2.30. The number of nitrogens with one attached hydrogen (secondary N) is 1. The third-order valence-corrected chi connectivity index (χ3v) is 4.88. The molecule has 140 valence electrons. The molecule has 5 heteroatoms. The average Bonchev–Trinajstić information content (AvgIpc) is 2.64. The highest BCUT2D eigenvalue weighted by Gasteiger charge is 2.18. The molecule has 0 spiro atoms. The molecule has 0 aliphatic carbocycles. The number of likely N-dealkylation sites (N-methyl/N-ethyl adjacent to an activating group) is 1. The monoisotopic (exact) mass is 376 g/mol. The van der Waals surface area contributed by atoms with Gasteiger partial charge in [-0.1, -0.05) is 49.7 Å². The average molecular weight is 377 g/mol. The van der Waals surface area contributed by atoms with Gasteiger partial charge in [-0.15, -0.1) is 0 Å². The minimum atomic E-state index is -0.349. The standard InChI is InChI=1S/C21H26ClFN2O/c1-4-25(5-2)20(16-8-10-18(22)11-9-16)13-24-14-21(26)17-7-6-15(3)19(23)12-17/h6-12,20,24H,4-5,13-14H2,1-3H3. The van der Waals surface area contributed by atoms with Crippen LogP contribution in [0.3, 0.4) is 0 Å². The maximum absolute atomic E-state index is 13.7. The van der Waals surface area contributed by atoms with Gasteiger partial charge in [-0.2, -0.15) is 0 Å². The predicted molar refractivity (Wildman–Crippen MR) is 105 cm³/mol. The molecule has 0 fully saturated rings. The largest absolute Gasteiger partial charge is 0.308 e. The highest BCUT2D eigenvalue weighted by atomic mass is 35.5. The van der Waals surface area contributed by atoms with Gasteiger partial charge in [0.15, 0.2) is 5.78 Å². The second-order valence-electron chi connectivity index (χ2n) is 6.31. The molecule has 0 saturated heterocycles. The molecule has 0 heterocycles. The van der Waals surface area contributed by atoms with E-state index >= 15 is 0 Å². The fourth-order valence-electron chi connectivity index (χ4n) is 3.00. The molecule has 0 bridgehead atoms. The van der Waals surface area contributed by atoms with Crippen LogP contribution in [0.2, 0.25) is 5.02 Å². The highest BCUT2D eigenvalue weighted by molar-refractivity contribution is 6.30. The molecule has 0 radical (unpaired) electrons. The third-order valence-electron chi connectivity index (χ3n) is 4.62. The SMILES string of the molecule is CCN(CC)C(CNCC(=O)c1ccc(C)c(F)c1)c1ccc(Cl)cc1. The Labute approximate surface area is 160 Å². The molecule has 0 aliphatic heterocycles. The van der Waals surface area contributed by atoms with E-state index in [2.05, 4.69) is 24.1 Å². The Bertz CT molecular complexity index is 729. The molecule has 0 saturated carbocycles. The van der Waals surface area contributed by atoms with Gasteiger partial charge in [0, 0.05) is 23.2 Å². The first-order chi connectivity index (χ1) is 12.5. The smallest absolute Gasteiger partial charge is 0.176 e. The summed E-state index contributed by atoms with van der Waals surface area (Å²) >= 11 is 6.00. The molecule has 2 rings (SSSR count). The molecular weight excluding hydrogens is 351 g/mol. The minimum absolute atomic E-state index is 0.113. The van der Waals surface area contributed by atoms with Gasteiger partial charge in [0.05, 0.1) is 6.54 Å². The zero-order valence-corrected chi connectivity index (χ0v) is 16.3. The van der Waals surface area contributed by atoms with Crippen LogP contribution < -0.4 is 5.32 Å². The summed E-state index contributed by atoms with van der Waals surface area (Å²) in [6.45, 7) is 8.53. The van der Waals surface area contributed by atoms with Gasteiger partial charge >= 0.3 is 0 Å². The van der Waals surface area contributed by atoms with E-state index in [9.17, 15) is 9.18 Å². The number of hydrogen-bond acceptors (Lipinski definition) is 3. The van der Waals surface area contributed by atoms with Gasteiger partial charge in [0.2, 0.25) is 0 Å². The first-order valence-electron chi connectivity index (χ1n) is 8.95. The van der Waals surface area contributed by atoms with Crippen molar-refractivity contribution in [2.24, 2.45) is 0 Å². The summed E-state index contributed by atoms with van der Waals surface area (Å²) in [5, 5.41) is 3.94. The van der Waals surface area contributed by atoms with Crippen LogP contribution in [0.25, 0.3) is 0 Å². The van der Waals surface area contributed by atoms with E-state index in [1.165, 1.54) is 6.07 Å². The normalized spacial score (nSPS) is 12.4. The summed E-state index contributed by atoms with van der Waals surface area (Å²) in [4.78, 5) is 14.6. The first kappa shape index (κ1) is 20.6. The number of Topliss-reactive ketones (excluding diaryl/α,β-unsaturated/α-hetero) is 1. The van der Waals surface area contributed by atoms with Crippen molar-refractivity contribution >= 4 is 17.4 Å². The number of rotatable bonds is 9. The lowest BCUT2D eigenvalue weighted by atomic mass is 10.0. The predicted octanol–water partition coefficient (Wildman–Crippen LogP) is 4.64. The second kappa shape index (κ2) is 9.81. The number of hydrogen-bond donors (Lipinski definition) is 1. The molecule has 1 N–H and O–H groups in total. The van der Waals surface area contributed by atoms with Crippen LogP contribution in [0, 0.1) is 12.7 Å². The summed E-state index contributed by atoms with van der Waals surface area (Å²) < 4.78 is 13.7. The maximum atomic E-state index is 13.7. The maximum Gasteiger partial charge on any atom is 0.176 e. The third kappa shape index (κ3) is 5.37. The topological polar surface area (TPSA) is 32.3 Å². The van der Waals surface area contributed by atoms with Crippen LogP contribution >= 0.6 is 11.6 Å². The van der Waals surface area contributed by atoms with E-state index < -0.39 is 0 Å². The van der Waals surface area contributed by atoms with Crippen LogP contribution in [-0.4, -0.2) is 36.9 Å².